The Hall–Kier alpha value is -2.73. The van der Waals surface area contributed by atoms with E-state index in [-0.39, 0.29) is 5.91 Å². The van der Waals surface area contributed by atoms with Crippen LogP contribution in [0.2, 0.25) is 0 Å². The van der Waals surface area contributed by atoms with E-state index in [0.29, 0.717) is 17.1 Å². The van der Waals surface area contributed by atoms with E-state index in [1.54, 1.807) is 31.4 Å². The summed E-state index contributed by atoms with van der Waals surface area (Å²) in [7, 11) is 3.49. The average Bonchev–Trinajstić information content (AvgIpc) is 3.28. The molecule has 1 aliphatic rings. The second-order valence-electron chi connectivity index (χ2n) is 7.07. The van der Waals surface area contributed by atoms with E-state index < -0.39 is 0 Å². The third kappa shape index (κ3) is 3.08. The maximum Gasteiger partial charge on any atom is 0.258 e. The first-order valence-electron chi connectivity index (χ1n) is 8.94. The Labute approximate surface area is 153 Å². The van der Waals surface area contributed by atoms with Gasteiger partial charge in [-0.1, -0.05) is 30.3 Å². The summed E-state index contributed by atoms with van der Waals surface area (Å²) >= 11 is 0. The van der Waals surface area contributed by atoms with Gasteiger partial charge in [0.05, 0.1) is 11.9 Å². The van der Waals surface area contributed by atoms with Crippen molar-refractivity contribution in [3.8, 4) is 0 Å². The van der Waals surface area contributed by atoms with Gasteiger partial charge in [-0.25, -0.2) is 9.50 Å². The molecule has 2 aromatic heterocycles. The summed E-state index contributed by atoms with van der Waals surface area (Å²) in [6, 6.07) is 12.6. The van der Waals surface area contributed by atoms with Crippen LogP contribution >= 0.6 is 0 Å². The molecule has 0 radical (unpaired) electrons. The molecule has 6 nitrogen and oxygen atoms in total. The van der Waals surface area contributed by atoms with Gasteiger partial charge in [-0.2, -0.15) is 5.10 Å². The van der Waals surface area contributed by atoms with E-state index in [9.17, 15) is 4.79 Å². The second kappa shape index (κ2) is 6.88. The minimum atomic E-state index is -0.0678. The summed E-state index contributed by atoms with van der Waals surface area (Å²) in [6.45, 7) is 3.02. The number of aromatic nitrogens is 3. The van der Waals surface area contributed by atoms with Crippen LogP contribution in [-0.4, -0.2) is 57.5 Å². The predicted molar refractivity (Wildman–Crippen MR) is 100 cm³/mol. The molecule has 4 rings (SSSR count). The quantitative estimate of drug-likeness (QED) is 0.726. The van der Waals surface area contributed by atoms with Gasteiger partial charge in [0.1, 0.15) is 5.56 Å². The number of fused-ring (bicyclic) bond motifs is 1. The largest absolute Gasteiger partial charge is 0.345 e. The van der Waals surface area contributed by atoms with Gasteiger partial charge in [-0.3, -0.25) is 9.69 Å². The van der Waals surface area contributed by atoms with Crippen molar-refractivity contribution in [1.29, 1.82) is 0 Å². The van der Waals surface area contributed by atoms with Crippen LogP contribution in [0.25, 0.3) is 5.65 Å². The van der Waals surface area contributed by atoms with Crippen LogP contribution in [0.15, 0.2) is 48.8 Å². The topological polar surface area (TPSA) is 53.7 Å². The Balaban J connectivity index is 1.57. The van der Waals surface area contributed by atoms with E-state index in [2.05, 4.69) is 39.2 Å². The van der Waals surface area contributed by atoms with E-state index in [0.717, 1.165) is 31.7 Å². The Kier molecular flexibility index (Phi) is 4.42. The van der Waals surface area contributed by atoms with Crippen molar-refractivity contribution in [3.63, 3.8) is 0 Å². The van der Waals surface area contributed by atoms with E-state index >= 15 is 0 Å². The Morgan fingerprint density at radius 1 is 1.23 bits per heavy atom. The van der Waals surface area contributed by atoms with Gasteiger partial charge in [-0.15, -0.1) is 0 Å². The first kappa shape index (κ1) is 16.7. The number of benzene rings is 1. The third-order valence-corrected chi connectivity index (χ3v) is 5.01. The van der Waals surface area contributed by atoms with Crippen LogP contribution < -0.4 is 0 Å². The summed E-state index contributed by atoms with van der Waals surface area (Å²) in [5.74, 6) is 0.327. The van der Waals surface area contributed by atoms with Gasteiger partial charge < -0.3 is 4.90 Å². The molecule has 0 aliphatic carbocycles. The highest BCUT2D eigenvalue weighted by Crippen LogP contribution is 2.28. The smallest absolute Gasteiger partial charge is 0.258 e. The van der Waals surface area contributed by atoms with Crippen molar-refractivity contribution in [2.24, 2.45) is 0 Å². The first-order chi connectivity index (χ1) is 12.6. The third-order valence-electron chi connectivity index (χ3n) is 5.01. The molecule has 1 atom stereocenters. The zero-order valence-corrected chi connectivity index (χ0v) is 15.2. The van der Waals surface area contributed by atoms with Crippen molar-refractivity contribution in [3.05, 3.63) is 65.6 Å². The molecule has 1 aliphatic heterocycles. The minimum absolute atomic E-state index is 0.0678. The van der Waals surface area contributed by atoms with Gasteiger partial charge in [0, 0.05) is 39.3 Å². The summed E-state index contributed by atoms with van der Waals surface area (Å²) in [5, 5.41) is 4.46. The van der Waals surface area contributed by atoms with Crippen LogP contribution in [0.1, 0.15) is 34.0 Å². The van der Waals surface area contributed by atoms with Gasteiger partial charge >= 0.3 is 0 Å². The monoisotopic (exact) mass is 349 g/mol. The normalized spacial score (nSPS) is 17.7. The Morgan fingerprint density at radius 2 is 2.04 bits per heavy atom. The van der Waals surface area contributed by atoms with Gasteiger partial charge in [-0.05, 0) is 24.6 Å². The highest BCUT2D eigenvalue weighted by Gasteiger charge is 2.27. The van der Waals surface area contributed by atoms with Crippen LogP contribution in [0, 0.1) is 0 Å². The Morgan fingerprint density at radius 3 is 2.81 bits per heavy atom. The number of likely N-dealkylation sites (tertiary alicyclic amines) is 1. The molecule has 3 aromatic rings. The molecular formula is C20H23N5O. The number of nitrogens with zero attached hydrogens (tertiary/aromatic N) is 5. The zero-order chi connectivity index (χ0) is 18.1. The lowest BCUT2D eigenvalue weighted by molar-refractivity contribution is 0.0829. The van der Waals surface area contributed by atoms with Gasteiger partial charge in [0.25, 0.3) is 5.91 Å². The molecule has 26 heavy (non-hydrogen) atoms. The fourth-order valence-electron chi connectivity index (χ4n) is 3.67. The summed E-state index contributed by atoms with van der Waals surface area (Å²) in [4.78, 5) is 20.8. The average molecular weight is 349 g/mol. The standard InChI is InChI=1S/C20H23N5O/c1-23(2)20(26)17-12-22-25-18(8-10-21-19(17)25)16-9-11-24(14-16)13-15-6-4-3-5-7-15/h3-8,10,12,16H,9,11,13-14H2,1-2H3/t16-/m0/s1. The molecule has 1 fully saturated rings. The molecule has 1 aromatic carbocycles. The summed E-state index contributed by atoms with van der Waals surface area (Å²) in [5.41, 5.74) is 3.66. The second-order valence-corrected chi connectivity index (χ2v) is 7.07. The lowest BCUT2D eigenvalue weighted by atomic mass is 10.0. The van der Waals surface area contributed by atoms with Crippen molar-refractivity contribution < 1.29 is 4.79 Å². The molecule has 0 bridgehead atoms. The molecule has 3 heterocycles. The lowest BCUT2D eigenvalue weighted by Crippen LogP contribution is -2.22. The summed E-state index contributed by atoms with van der Waals surface area (Å²) in [6.07, 6.45) is 4.51. The maximum absolute atomic E-state index is 12.3. The number of rotatable bonds is 4. The van der Waals surface area contributed by atoms with Crippen LogP contribution in [0.4, 0.5) is 0 Å². The van der Waals surface area contributed by atoms with E-state index in [1.165, 1.54) is 5.56 Å². The molecule has 134 valence electrons. The molecule has 1 amide bonds. The number of carbonyl (C=O) groups is 1. The highest BCUT2D eigenvalue weighted by atomic mass is 16.2. The van der Waals surface area contributed by atoms with Gasteiger partial charge in [0.15, 0.2) is 5.65 Å². The summed E-state index contributed by atoms with van der Waals surface area (Å²) < 4.78 is 1.84. The highest BCUT2D eigenvalue weighted by molar-refractivity contribution is 5.99. The van der Waals surface area contributed by atoms with Crippen molar-refractivity contribution in [2.45, 2.75) is 18.9 Å². The van der Waals surface area contributed by atoms with Gasteiger partial charge in [0.2, 0.25) is 0 Å². The maximum atomic E-state index is 12.3. The van der Waals surface area contributed by atoms with E-state index in [4.69, 9.17) is 0 Å². The molecule has 0 unspecified atom stereocenters. The number of hydrogen-bond donors (Lipinski definition) is 0. The SMILES string of the molecule is CN(C)C(=O)c1cnn2c([C@H]3CCN(Cc4ccccc4)C3)ccnc12. The first-order valence-corrected chi connectivity index (χ1v) is 8.94. The van der Waals surface area contributed by atoms with Crippen molar-refractivity contribution >= 4 is 11.6 Å². The van der Waals surface area contributed by atoms with Crippen molar-refractivity contribution in [1.82, 2.24) is 24.4 Å². The number of hydrogen-bond acceptors (Lipinski definition) is 4. The lowest BCUT2D eigenvalue weighted by Gasteiger charge is -2.16. The molecule has 6 heteroatoms. The van der Waals surface area contributed by atoms with E-state index in [1.807, 2.05) is 16.6 Å². The van der Waals surface area contributed by atoms with Crippen LogP contribution in [0.5, 0.6) is 0 Å². The fraction of sp³-hybridized carbons (Fsp3) is 0.350. The molecular weight excluding hydrogens is 326 g/mol. The number of amides is 1. The molecule has 1 saturated heterocycles. The minimum Gasteiger partial charge on any atom is -0.345 e. The van der Waals surface area contributed by atoms with Crippen LogP contribution in [-0.2, 0) is 6.54 Å². The van der Waals surface area contributed by atoms with Crippen LogP contribution in [0.3, 0.4) is 0 Å². The molecule has 0 spiro atoms. The molecule has 0 saturated carbocycles. The molecule has 0 N–H and O–H groups in total. The number of carbonyl (C=O) groups excluding carboxylic acids is 1. The zero-order valence-electron chi connectivity index (χ0n) is 15.2. The fourth-order valence-corrected chi connectivity index (χ4v) is 3.67. The van der Waals surface area contributed by atoms with Crippen molar-refractivity contribution in [2.75, 3.05) is 27.2 Å². The Bertz CT molecular complexity index is 918. The predicted octanol–water partition coefficient (Wildman–Crippen LogP) is 2.42.